The molecule has 0 aromatic heterocycles. The molecule has 0 bridgehead atoms. The number of hydrogen-bond acceptors (Lipinski definition) is 2. The maximum Gasteiger partial charge on any atom is 0.333 e. The van der Waals surface area contributed by atoms with Gasteiger partial charge in [-0.3, -0.25) is 4.79 Å². The number of rotatable bonds is 2. The van der Waals surface area contributed by atoms with Crippen LogP contribution in [0.3, 0.4) is 0 Å². The highest BCUT2D eigenvalue weighted by molar-refractivity contribution is 9.10. The topological polar surface area (TPSA) is 49.4 Å². The van der Waals surface area contributed by atoms with Crippen molar-refractivity contribution in [1.29, 1.82) is 0 Å². The first kappa shape index (κ1) is 14.8. The minimum atomic E-state index is -0.481. The van der Waals surface area contributed by atoms with Gasteiger partial charge in [-0.15, -0.1) is 0 Å². The molecular formula is C16H10BrClN2O2. The molecular weight excluding hydrogens is 368 g/mol. The van der Waals surface area contributed by atoms with Gasteiger partial charge in [-0.05, 0) is 42.0 Å². The molecule has 22 heavy (non-hydrogen) atoms. The van der Waals surface area contributed by atoms with Gasteiger partial charge >= 0.3 is 6.03 Å². The number of benzene rings is 2. The number of nitrogens with one attached hydrogen (secondary N) is 1. The van der Waals surface area contributed by atoms with E-state index in [0.717, 1.165) is 14.9 Å². The first-order valence-corrected chi connectivity index (χ1v) is 7.60. The number of carbonyl (C=O) groups is 2. The Balaban J connectivity index is 1.95. The van der Waals surface area contributed by atoms with Crippen molar-refractivity contribution in [3.05, 3.63) is 69.3 Å². The third-order valence-corrected chi connectivity index (χ3v) is 4.14. The standard InChI is InChI=1S/C16H10BrClN2O2/c17-13-4-2-1-3-10(13)9-14-15(21)20(16(22)19-14)12-7-5-11(18)6-8-12/h1-9H,(H,19,22)/b14-9+. The fourth-order valence-corrected chi connectivity index (χ4v) is 2.63. The molecule has 1 heterocycles. The molecule has 0 atom stereocenters. The third-order valence-electron chi connectivity index (χ3n) is 3.17. The number of nitrogens with zero attached hydrogens (tertiary/aromatic N) is 1. The van der Waals surface area contributed by atoms with E-state index in [1.54, 1.807) is 30.3 Å². The molecule has 1 N–H and O–H groups in total. The van der Waals surface area contributed by atoms with Crippen LogP contribution in [0.15, 0.2) is 58.7 Å². The highest BCUT2D eigenvalue weighted by Gasteiger charge is 2.34. The van der Waals surface area contributed by atoms with E-state index in [-0.39, 0.29) is 5.70 Å². The lowest BCUT2D eigenvalue weighted by molar-refractivity contribution is -0.113. The molecule has 3 amide bonds. The zero-order chi connectivity index (χ0) is 15.7. The van der Waals surface area contributed by atoms with Crippen LogP contribution >= 0.6 is 27.5 Å². The Morgan fingerprint density at radius 2 is 1.73 bits per heavy atom. The zero-order valence-corrected chi connectivity index (χ0v) is 13.6. The van der Waals surface area contributed by atoms with Gasteiger partial charge in [0.25, 0.3) is 5.91 Å². The summed E-state index contributed by atoms with van der Waals surface area (Å²) in [6.45, 7) is 0. The summed E-state index contributed by atoms with van der Waals surface area (Å²) in [5.41, 5.74) is 1.51. The second-order valence-corrected chi connectivity index (χ2v) is 5.92. The Morgan fingerprint density at radius 3 is 2.41 bits per heavy atom. The maximum atomic E-state index is 12.4. The summed E-state index contributed by atoms with van der Waals surface area (Å²) in [7, 11) is 0. The predicted octanol–water partition coefficient (Wildman–Crippen LogP) is 4.20. The van der Waals surface area contributed by atoms with E-state index in [1.165, 1.54) is 0 Å². The average Bonchev–Trinajstić information content (AvgIpc) is 2.77. The summed E-state index contributed by atoms with van der Waals surface area (Å²) in [5.74, 6) is -0.400. The van der Waals surface area contributed by atoms with Crippen LogP contribution in [-0.2, 0) is 4.79 Å². The summed E-state index contributed by atoms with van der Waals surface area (Å²) in [6.07, 6.45) is 1.64. The van der Waals surface area contributed by atoms with E-state index in [1.807, 2.05) is 24.3 Å². The first-order chi connectivity index (χ1) is 10.6. The van der Waals surface area contributed by atoms with Gasteiger partial charge in [0.2, 0.25) is 0 Å². The Hall–Kier alpha value is -2.11. The summed E-state index contributed by atoms with van der Waals surface area (Å²) in [4.78, 5) is 25.6. The van der Waals surface area contributed by atoms with Crippen LogP contribution in [0.2, 0.25) is 5.02 Å². The average molecular weight is 378 g/mol. The molecule has 2 aromatic rings. The van der Waals surface area contributed by atoms with Crippen LogP contribution in [0.1, 0.15) is 5.56 Å². The fourth-order valence-electron chi connectivity index (χ4n) is 2.11. The predicted molar refractivity (Wildman–Crippen MR) is 89.6 cm³/mol. The fraction of sp³-hybridized carbons (Fsp3) is 0. The third kappa shape index (κ3) is 2.77. The molecule has 0 unspecified atom stereocenters. The molecule has 0 radical (unpaired) electrons. The van der Waals surface area contributed by atoms with Gasteiger partial charge in [-0.1, -0.05) is 45.7 Å². The van der Waals surface area contributed by atoms with Gasteiger partial charge in [0.05, 0.1) is 5.69 Å². The highest BCUT2D eigenvalue weighted by atomic mass is 79.9. The van der Waals surface area contributed by atoms with E-state index in [2.05, 4.69) is 21.2 Å². The Bertz CT molecular complexity index is 787. The van der Waals surface area contributed by atoms with Gasteiger partial charge in [0.1, 0.15) is 5.70 Å². The van der Waals surface area contributed by atoms with Crippen LogP contribution < -0.4 is 10.2 Å². The largest absolute Gasteiger partial charge is 0.333 e. The molecule has 3 rings (SSSR count). The van der Waals surface area contributed by atoms with E-state index >= 15 is 0 Å². The molecule has 110 valence electrons. The van der Waals surface area contributed by atoms with E-state index in [9.17, 15) is 9.59 Å². The van der Waals surface area contributed by atoms with Crippen molar-refractivity contribution in [2.75, 3.05) is 4.90 Å². The lowest BCUT2D eigenvalue weighted by Crippen LogP contribution is -2.30. The summed E-state index contributed by atoms with van der Waals surface area (Å²) in [5, 5.41) is 3.13. The smallest absolute Gasteiger partial charge is 0.302 e. The van der Waals surface area contributed by atoms with Crippen LogP contribution in [0.4, 0.5) is 10.5 Å². The lowest BCUT2D eigenvalue weighted by atomic mass is 10.2. The van der Waals surface area contributed by atoms with Gasteiger partial charge in [0, 0.05) is 9.50 Å². The number of amides is 3. The summed E-state index contributed by atoms with van der Waals surface area (Å²) in [6, 6.07) is 13.5. The molecule has 6 heteroatoms. The second kappa shape index (κ2) is 5.94. The van der Waals surface area contributed by atoms with Crippen molar-refractivity contribution < 1.29 is 9.59 Å². The maximum absolute atomic E-state index is 12.4. The van der Waals surface area contributed by atoms with E-state index < -0.39 is 11.9 Å². The van der Waals surface area contributed by atoms with Gasteiger partial charge in [0.15, 0.2) is 0 Å². The Kier molecular flexibility index (Phi) is 4.00. The Morgan fingerprint density at radius 1 is 1.05 bits per heavy atom. The number of carbonyl (C=O) groups excluding carboxylic acids is 2. The van der Waals surface area contributed by atoms with Gasteiger partial charge in [-0.25, -0.2) is 9.69 Å². The van der Waals surface area contributed by atoms with Crippen molar-refractivity contribution in [3.63, 3.8) is 0 Å². The molecule has 1 fully saturated rings. The number of anilines is 1. The number of halogens is 2. The van der Waals surface area contributed by atoms with E-state index in [0.29, 0.717) is 10.7 Å². The quantitative estimate of drug-likeness (QED) is 0.630. The lowest BCUT2D eigenvalue weighted by Gasteiger charge is -2.11. The molecule has 1 aliphatic heterocycles. The Labute approximate surface area is 140 Å². The SMILES string of the molecule is O=C1N/C(=C/c2ccccc2Br)C(=O)N1c1ccc(Cl)cc1. The monoisotopic (exact) mass is 376 g/mol. The molecule has 4 nitrogen and oxygen atoms in total. The first-order valence-electron chi connectivity index (χ1n) is 6.43. The van der Waals surface area contributed by atoms with Gasteiger partial charge in [-0.2, -0.15) is 0 Å². The van der Waals surface area contributed by atoms with Crippen LogP contribution in [0.5, 0.6) is 0 Å². The van der Waals surface area contributed by atoms with Crippen LogP contribution in [0, 0.1) is 0 Å². The van der Waals surface area contributed by atoms with E-state index in [4.69, 9.17) is 11.6 Å². The zero-order valence-electron chi connectivity index (χ0n) is 11.2. The van der Waals surface area contributed by atoms with Crippen LogP contribution in [0.25, 0.3) is 6.08 Å². The van der Waals surface area contributed by atoms with Crippen molar-refractivity contribution in [1.82, 2.24) is 5.32 Å². The van der Waals surface area contributed by atoms with Crippen molar-refractivity contribution in [2.24, 2.45) is 0 Å². The molecule has 2 aromatic carbocycles. The van der Waals surface area contributed by atoms with Crippen molar-refractivity contribution in [3.8, 4) is 0 Å². The van der Waals surface area contributed by atoms with Crippen LogP contribution in [-0.4, -0.2) is 11.9 Å². The molecule has 0 aliphatic carbocycles. The minimum absolute atomic E-state index is 0.229. The number of urea groups is 1. The number of imide groups is 1. The minimum Gasteiger partial charge on any atom is -0.302 e. The molecule has 1 saturated heterocycles. The molecule has 0 saturated carbocycles. The second-order valence-electron chi connectivity index (χ2n) is 4.63. The normalized spacial score (nSPS) is 16.3. The number of hydrogen-bond donors (Lipinski definition) is 1. The molecule has 0 spiro atoms. The van der Waals surface area contributed by atoms with Crippen molar-refractivity contribution >= 4 is 51.2 Å². The summed E-state index contributed by atoms with van der Waals surface area (Å²) < 4.78 is 0.842. The highest BCUT2D eigenvalue weighted by Crippen LogP contribution is 2.25. The summed E-state index contributed by atoms with van der Waals surface area (Å²) >= 11 is 9.23. The van der Waals surface area contributed by atoms with Gasteiger partial charge < -0.3 is 5.32 Å². The van der Waals surface area contributed by atoms with Crippen molar-refractivity contribution in [2.45, 2.75) is 0 Å². The molecule has 1 aliphatic rings.